The normalized spacial score (nSPS) is 20.0. The zero-order valence-electron chi connectivity index (χ0n) is 21.5. The van der Waals surface area contributed by atoms with Gasteiger partial charge in [0.25, 0.3) is 5.60 Å². The average molecular weight is 601 g/mol. The van der Waals surface area contributed by atoms with Crippen LogP contribution in [0.2, 0.25) is 0 Å². The summed E-state index contributed by atoms with van der Waals surface area (Å²) in [6.45, 7) is 8.05. The lowest BCUT2D eigenvalue weighted by molar-refractivity contribution is -0.376. The van der Waals surface area contributed by atoms with Crippen LogP contribution in [0.3, 0.4) is 0 Å². The quantitative estimate of drug-likeness (QED) is 0.397. The lowest BCUT2D eigenvalue weighted by atomic mass is 9.95. The smallest absolute Gasteiger partial charge is 0.369 e. The largest absolute Gasteiger partial charge is 0.430 e. The summed E-state index contributed by atoms with van der Waals surface area (Å²) >= 11 is 3.18. The molecule has 4 heterocycles. The molecule has 218 valence electrons. The zero-order valence-corrected chi connectivity index (χ0v) is 23.1. The molecule has 2 aromatic heterocycles. The summed E-state index contributed by atoms with van der Waals surface area (Å²) in [5, 5.41) is 14.2. The van der Waals surface area contributed by atoms with Crippen LogP contribution in [0.15, 0.2) is 34.1 Å². The van der Waals surface area contributed by atoms with Crippen molar-refractivity contribution in [2.24, 2.45) is 5.92 Å². The number of aliphatic hydroxyl groups is 1. The van der Waals surface area contributed by atoms with E-state index in [1.165, 1.54) is 0 Å². The number of alkyl halides is 6. The monoisotopic (exact) mass is 600 g/mol. The first-order valence-electron chi connectivity index (χ1n) is 12.0. The second-order valence-corrected chi connectivity index (χ2v) is 11.7. The van der Waals surface area contributed by atoms with E-state index in [9.17, 15) is 36.2 Å². The molecule has 2 aliphatic heterocycles. The van der Waals surface area contributed by atoms with Gasteiger partial charge >= 0.3 is 12.4 Å². The highest BCUT2D eigenvalue weighted by atomic mass is 32.2. The lowest BCUT2D eigenvalue weighted by Crippen LogP contribution is -2.55. The number of piperazine rings is 2. The molecule has 2 saturated heterocycles. The van der Waals surface area contributed by atoms with Crippen molar-refractivity contribution < 1.29 is 36.2 Å². The predicted molar refractivity (Wildman–Crippen MR) is 136 cm³/mol. The number of amides is 1. The van der Waals surface area contributed by atoms with Crippen LogP contribution in [0.1, 0.15) is 19.4 Å². The first-order valence-corrected chi connectivity index (χ1v) is 13.7. The summed E-state index contributed by atoms with van der Waals surface area (Å²) in [5.74, 6) is 0.588. The second-order valence-electron chi connectivity index (χ2n) is 9.38. The van der Waals surface area contributed by atoms with Gasteiger partial charge in [-0.25, -0.2) is 14.3 Å². The molecule has 39 heavy (non-hydrogen) atoms. The molecule has 1 amide bonds. The topological polar surface area (TPSA) is 84.8 Å². The van der Waals surface area contributed by atoms with Crippen LogP contribution in [-0.2, 0) is 10.4 Å². The van der Waals surface area contributed by atoms with E-state index in [-0.39, 0.29) is 17.9 Å². The van der Waals surface area contributed by atoms with Crippen molar-refractivity contribution in [2.75, 3.05) is 51.2 Å². The Labute approximate surface area is 230 Å². The molecule has 8 nitrogen and oxygen atoms in total. The van der Waals surface area contributed by atoms with Crippen LogP contribution in [0.5, 0.6) is 0 Å². The Hall–Kier alpha value is -2.14. The average Bonchev–Trinajstić information content (AvgIpc) is 3.36. The van der Waals surface area contributed by atoms with Gasteiger partial charge in [-0.2, -0.15) is 26.3 Å². The molecule has 2 fully saturated rings. The van der Waals surface area contributed by atoms with Gasteiger partial charge in [0.2, 0.25) is 11.9 Å². The Morgan fingerprint density at radius 2 is 1.64 bits per heavy atom. The van der Waals surface area contributed by atoms with Crippen LogP contribution in [0.25, 0.3) is 0 Å². The molecule has 0 saturated carbocycles. The van der Waals surface area contributed by atoms with Crippen molar-refractivity contribution >= 4 is 35.1 Å². The maximum absolute atomic E-state index is 12.9. The SMILES string of the molecule is CC(C)C1C(=O)NCCN1C.OC(c1cnc(N2CCN(Sc3cccs3)CC2)nc1)(C(F)(F)F)C(F)(F)F. The maximum atomic E-state index is 12.9. The summed E-state index contributed by atoms with van der Waals surface area (Å²) in [6.07, 6.45) is -11.2. The van der Waals surface area contributed by atoms with Gasteiger partial charge in [-0.15, -0.1) is 11.3 Å². The van der Waals surface area contributed by atoms with Gasteiger partial charge in [-0.1, -0.05) is 19.9 Å². The molecular formula is C23H30F6N6O2S2. The molecule has 0 aromatic carbocycles. The fraction of sp³-hybridized carbons (Fsp3) is 0.609. The van der Waals surface area contributed by atoms with E-state index in [0.29, 0.717) is 44.5 Å². The van der Waals surface area contributed by atoms with Crippen LogP contribution in [0, 0.1) is 5.92 Å². The Kier molecular flexibility index (Phi) is 10.1. The minimum Gasteiger partial charge on any atom is -0.369 e. The Bertz CT molecular complexity index is 1050. The second kappa shape index (κ2) is 12.6. The van der Waals surface area contributed by atoms with Gasteiger partial charge in [0.1, 0.15) is 0 Å². The molecule has 0 radical (unpaired) electrons. The number of hydrogen-bond donors (Lipinski definition) is 2. The van der Waals surface area contributed by atoms with E-state index in [2.05, 4.69) is 38.3 Å². The van der Waals surface area contributed by atoms with Crippen molar-refractivity contribution in [3.05, 3.63) is 35.5 Å². The summed E-state index contributed by atoms with van der Waals surface area (Å²) in [4.78, 5) is 22.3. The first-order chi connectivity index (χ1) is 18.1. The molecule has 0 spiro atoms. The molecule has 2 aromatic rings. The third-order valence-electron chi connectivity index (χ3n) is 6.25. The Morgan fingerprint density at radius 1 is 1.05 bits per heavy atom. The molecular weight excluding hydrogens is 570 g/mol. The van der Waals surface area contributed by atoms with Crippen LogP contribution in [-0.4, -0.2) is 94.9 Å². The summed E-state index contributed by atoms with van der Waals surface area (Å²) in [6, 6.07) is 3.98. The van der Waals surface area contributed by atoms with Gasteiger partial charge in [-0.3, -0.25) is 9.69 Å². The minimum atomic E-state index is -5.96. The third kappa shape index (κ3) is 7.34. The number of rotatable bonds is 5. The fourth-order valence-corrected chi connectivity index (χ4v) is 6.04. The van der Waals surface area contributed by atoms with Gasteiger partial charge < -0.3 is 15.3 Å². The van der Waals surface area contributed by atoms with Gasteiger partial charge in [0, 0.05) is 57.2 Å². The number of nitrogens with one attached hydrogen (secondary N) is 1. The van der Waals surface area contributed by atoms with Crippen LogP contribution < -0.4 is 10.2 Å². The standard InChI is InChI=1S/C15H14F6N4OS2.C8H16N2O/c16-14(17,18)13(26,15(19,20)21)10-8-22-12(23-9-10)24-3-5-25(6-4-24)28-11-2-1-7-27-11;1-6(2)7-8(11)9-4-5-10(7)3/h1-2,7-9,26H,3-6H2;6-7H,4-5H2,1-3H3,(H,9,11). The number of likely N-dealkylation sites (N-methyl/N-ethyl adjacent to an activating group) is 1. The molecule has 4 rings (SSSR count). The Morgan fingerprint density at radius 3 is 2.08 bits per heavy atom. The summed E-state index contributed by atoms with van der Waals surface area (Å²) in [7, 11) is 2.00. The van der Waals surface area contributed by atoms with Gasteiger partial charge in [0.15, 0.2) is 0 Å². The lowest BCUT2D eigenvalue weighted by Gasteiger charge is -2.34. The van der Waals surface area contributed by atoms with Crippen molar-refractivity contribution in [2.45, 2.75) is 42.1 Å². The molecule has 1 atom stereocenters. The molecule has 2 aliphatic rings. The van der Waals surface area contributed by atoms with Crippen molar-refractivity contribution in [1.82, 2.24) is 24.5 Å². The minimum absolute atomic E-state index is 0.0104. The number of anilines is 1. The number of aromatic nitrogens is 2. The third-order valence-corrected chi connectivity index (χ3v) is 8.36. The number of nitrogens with zero attached hydrogens (tertiary/aromatic N) is 5. The fourth-order valence-electron chi connectivity index (χ4n) is 4.19. The molecule has 0 bridgehead atoms. The first kappa shape index (κ1) is 31.4. The van der Waals surface area contributed by atoms with Crippen molar-refractivity contribution in [3.8, 4) is 0 Å². The molecule has 0 aliphatic carbocycles. The number of carbonyl (C=O) groups excluding carboxylic acids is 1. The van der Waals surface area contributed by atoms with Crippen LogP contribution >= 0.6 is 23.3 Å². The van der Waals surface area contributed by atoms with E-state index in [4.69, 9.17) is 0 Å². The highest BCUT2D eigenvalue weighted by Crippen LogP contribution is 2.49. The predicted octanol–water partition coefficient (Wildman–Crippen LogP) is 3.75. The zero-order chi connectivity index (χ0) is 29.0. The summed E-state index contributed by atoms with van der Waals surface area (Å²) < 4.78 is 80.6. The maximum Gasteiger partial charge on any atom is 0.430 e. The Balaban J connectivity index is 0.000000320. The molecule has 16 heteroatoms. The summed E-state index contributed by atoms with van der Waals surface area (Å²) in [5.41, 5.74) is -6.49. The molecule has 1 unspecified atom stereocenters. The van der Waals surface area contributed by atoms with Crippen LogP contribution in [0.4, 0.5) is 32.3 Å². The van der Waals surface area contributed by atoms with Gasteiger partial charge in [-0.05, 0) is 36.4 Å². The number of carbonyl (C=O) groups is 1. The number of hydrogen-bond acceptors (Lipinski definition) is 9. The highest BCUT2D eigenvalue weighted by Gasteiger charge is 2.71. The van der Waals surface area contributed by atoms with Crippen molar-refractivity contribution in [3.63, 3.8) is 0 Å². The van der Waals surface area contributed by atoms with E-state index in [1.807, 2.05) is 24.6 Å². The number of halogens is 6. The highest BCUT2D eigenvalue weighted by molar-refractivity contribution is 7.98. The van der Waals surface area contributed by atoms with E-state index >= 15 is 0 Å². The van der Waals surface area contributed by atoms with E-state index < -0.39 is 23.5 Å². The van der Waals surface area contributed by atoms with Crippen molar-refractivity contribution in [1.29, 1.82) is 0 Å². The van der Waals surface area contributed by atoms with Gasteiger partial charge in [0.05, 0.1) is 10.3 Å². The molecule has 2 N–H and O–H groups in total. The van der Waals surface area contributed by atoms with E-state index in [0.717, 1.165) is 17.3 Å². The number of thiophene rings is 1. The van der Waals surface area contributed by atoms with E-state index in [1.54, 1.807) is 28.2 Å².